The number of carbonyl (C=O) groups excluding carboxylic acids is 5. The van der Waals surface area contributed by atoms with E-state index in [1.807, 2.05) is 0 Å². The maximum absolute atomic E-state index is 12.8. The Hall–Kier alpha value is -2.29. The van der Waals surface area contributed by atoms with Gasteiger partial charge in [0.05, 0.1) is 12.0 Å². The largest absolute Gasteiger partial charge is 0.459 e. The zero-order valence-corrected chi connectivity index (χ0v) is 15.2. The molecule has 3 saturated heterocycles. The van der Waals surface area contributed by atoms with Crippen LogP contribution in [0.25, 0.3) is 0 Å². The lowest BCUT2D eigenvalue weighted by Crippen LogP contribution is -2.62. The molecule has 1 spiro atoms. The summed E-state index contributed by atoms with van der Waals surface area (Å²) >= 11 is 0. The summed E-state index contributed by atoms with van der Waals surface area (Å²) in [7, 11) is 0. The monoisotopic (exact) mass is 365 g/mol. The van der Waals surface area contributed by atoms with E-state index in [-0.39, 0.29) is 44.9 Å². The lowest BCUT2D eigenvalue weighted by Gasteiger charge is -2.45. The number of hydrogen-bond acceptors (Lipinski definition) is 7. The Labute approximate surface area is 151 Å². The Morgan fingerprint density at radius 3 is 2.46 bits per heavy atom. The van der Waals surface area contributed by atoms with Crippen molar-refractivity contribution in [2.45, 2.75) is 51.7 Å². The number of hydrogen-bond donors (Lipinski definition) is 1. The third-order valence-corrected chi connectivity index (χ3v) is 4.78. The van der Waals surface area contributed by atoms with Crippen LogP contribution >= 0.6 is 0 Å². The molecule has 9 heteroatoms. The van der Waals surface area contributed by atoms with Gasteiger partial charge in [0.1, 0.15) is 11.6 Å². The van der Waals surface area contributed by atoms with E-state index < -0.39 is 40.7 Å². The topological polar surface area (TPSA) is 113 Å². The van der Waals surface area contributed by atoms with Crippen LogP contribution in [0.2, 0.25) is 0 Å². The molecule has 0 aromatic rings. The van der Waals surface area contributed by atoms with Crippen molar-refractivity contribution in [1.29, 1.82) is 0 Å². The Morgan fingerprint density at radius 1 is 1.23 bits per heavy atom. The highest BCUT2D eigenvalue weighted by molar-refractivity contribution is 6.11. The van der Waals surface area contributed by atoms with Gasteiger partial charge in [-0.1, -0.05) is 0 Å². The molecule has 1 atom stereocenters. The maximum Gasteiger partial charge on any atom is 0.320 e. The maximum atomic E-state index is 12.8. The van der Waals surface area contributed by atoms with Crippen molar-refractivity contribution in [3.63, 3.8) is 0 Å². The van der Waals surface area contributed by atoms with E-state index in [1.165, 1.54) is 0 Å². The van der Waals surface area contributed by atoms with Gasteiger partial charge in [0.2, 0.25) is 23.6 Å². The van der Waals surface area contributed by atoms with Crippen LogP contribution in [0.1, 0.15) is 40.0 Å². The second-order valence-electron chi connectivity index (χ2n) is 8.22. The fraction of sp³-hybridized carbons (Fsp3) is 0.706. The summed E-state index contributed by atoms with van der Waals surface area (Å²) in [6.07, 6.45) is 0.277. The van der Waals surface area contributed by atoms with E-state index in [2.05, 4.69) is 5.32 Å². The number of carbonyl (C=O) groups is 5. The summed E-state index contributed by atoms with van der Waals surface area (Å²) in [5, 5.41) is 2.17. The highest BCUT2D eigenvalue weighted by atomic mass is 16.6. The second kappa shape index (κ2) is 6.15. The van der Waals surface area contributed by atoms with Crippen molar-refractivity contribution in [1.82, 2.24) is 15.1 Å². The quantitative estimate of drug-likeness (QED) is 0.514. The molecule has 1 N–H and O–H groups in total. The molecule has 0 radical (unpaired) electrons. The minimum atomic E-state index is -0.924. The molecule has 0 aromatic carbocycles. The van der Waals surface area contributed by atoms with Crippen molar-refractivity contribution < 1.29 is 28.7 Å². The minimum absolute atomic E-state index is 0.0222. The van der Waals surface area contributed by atoms with Crippen LogP contribution in [0.4, 0.5) is 0 Å². The Kier molecular flexibility index (Phi) is 4.38. The summed E-state index contributed by atoms with van der Waals surface area (Å²) in [5.41, 5.74) is -1.46. The molecule has 3 aliphatic heterocycles. The van der Waals surface area contributed by atoms with Gasteiger partial charge in [0.25, 0.3) is 0 Å². The van der Waals surface area contributed by atoms with Gasteiger partial charge in [-0.2, -0.15) is 0 Å². The van der Waals surface area contributed by atoms with E-state index in [0.29, 0.717) is 0 Å². The number of rotatable bonds is 3. The van der Waals surface area contributed by atoms with Gasteiger partial charge in [-0.25, -0.2) is 0 Å². The van der Waals surface area contributed by atoms with Gasteiger partial charge < -0.3 is 4.74 Å². The first kappa shape index (κ1) is 18.5. The van der Waals surface area contributed by atoms with E-state index >= 15 is 0 Å². The van der Waals surface area contributed by atoms with Crippen LogP contribution in [0, 0.1) is 5.41 Å². The molecule has 4 amide bonds. The SMILES string of the molecule is CC(C)(C)OC(=O)CN1CC2(CC(=O)N(C3CCC(=O)NC3=O)C2=O)C1. The van der Waals surface area contributed by atoms with E-state index in [0.717, 1.165) is 4.90 Å². The average Bonchev–Trinajstić information content (AvgIpc) is 2.69. The van der Waals surface area contributed by atoms with Gasteiger partial charge in [0.15, 0.2) is 0 Å². The number of nitrogens with zero attached hydrogens (tertiary/aromatic N) is 2. The number of ether oxygens (including phenoxy) is 1. The van der Waals surface area contributed by atoms with Crippen molar-refractivity contribution >= 4 is 29.6 Å². The summed E-state index contributed by atoms with van der Waals surface area (Å²) in [5.74, 6) is -2.18. The van der Waals surface area contributed by atoms with Crippen LogP contribution in [0.3, 0.4) is 0 Å². The number of nitrogens with one attached hydrogen (secondary N) is 1. The molecule has 3 rings (SSSR count). The van der Waals surface area contributed by atoms with E-state index in [9.17, 15) is 24.0 Å². The van der Waals surface area contributed by atoms with Gasteiger partial charge in [-0.15, -0.1) is 0 Å². The first-order chi connectivity index (χ1) is 12.0. The average molecular weight is 365 g/mol. The van der Waals surface area contributed by atoms with E-state index in [1.54, 1.807) is 25.7 Å². The van der Waals surface area contributed by atoms with Crippen molar-refractivity contribution in [2.24, 2.45) is 5.41 Å². The molecule has 3 heterocycles. The zero-order valence-electron chi connectivity index (χ0n) is 15.2. The fourth-order valence-corrected chi connectivity index (χ4v) is 3.79. The molecular formula is C17H23N3O6. The highest BCUT2D eigenvalue weighted by Gasteiger charge is 2.60. The molecule has 3 fully saturated rings. The Morgan fingerprint density at radius 2 is 1.88 bits per heavy atom. The Bertz CT molecular complexity index is 689. The molecular weight excluding hydrogens is 342 g/mol. The van der Waals surface area contributed by atoms with Crippen LogP contribution in [-0.4, -0.2) is 70.7 Å². The smallest absolute Gasteiger partial charge is 0.320 e. The molecule has 0 aliphatic carbocycles. The lowest BCUT2D eigenvalue weighted by atomic mass is 9.78. The van der Waals surface area contributed by atoms with Gasteiger partial charge in [0, 0.05) is 25.9 Å². The fourth-order valence-electron chi connectivity index (χ4n) is 3.79. The number of esters is 1. The summed E-state index contributed by atoms with van der Waals surface area (Å²) < 4.78 is 5.26. The van der Waals surface area contributed by atoms with Crippen molar-refractivity contribution in [3.05, 3.63) is 0 Å². The van der Waals surface area contributed by atoms with Crippen molar-refractivity contribution in [3.8, 4) is 0 Å². The van der Waals surface area contributed by atoms with Gasteiger partial charge in [-0.3, -0.25) is 39.1 Å². The van der Waals surface area contributed by atoms with Crippen LogP contribution in [0.5, 0.6) is 0 Å². The second-order valence-corrected chi connectivity index (χ2v) is 8.22. The van der Waals surface area contributed by atoms with Crippen LogP contribution in [0.15, 0.2) is 0 Å². The molecule has 1 unspecified atom stereocenters. The van der Waals surface area contributed by atoms with Crippen LogP contribution < -0.4 is 5.32 Å². The third-order valence-electron chi connectivity index (χ3n) is 4.78. The highest BCUT2D eigenvalue weighted by Crippen LogP contribution is 2.42. The number of amides is 4. The number of likely N-dealkylation sites (tertiary alicyclic amines) is 2. The van der Waals surface area contributed by atoms with Crippen molar-refractivity contribution in [2.75, 3.05) is 19.6 Å². The molecule has 26 heavy (non-hydrogen) atoms. The third kappa shape index (κ3) is 3.35. The summed E-state index contributed by atoms with van der Waals surface area (Å²) in [6.45, 7) is 5.94. The molecule has 142 valence electrons. The molecule has 0 saturated carbocycles. The first-order valence-electron chi connectivity index (χ1n) is 8.65. The molecule has 0 aromatic heterocycles. The number of imide groups is 2. The predicted molar refractivity (Wildman–Crippen MR) is 87.4 cm³/mol. The lowest BCUT2D eigenvalue weighted by molar-refractivity contribution is -0.163. The van der Waals surface area contributed by atoms with Crippen LogP contribution in [-0.2, 0) is 28.7 Å². The molecule has 9 nitrogen and oxygen atoms in total. The van der Waals surface area contributed by atoms with Gasteiger partial charge in [-0.05, 0) is 27.2 Å². The first-order valence-corrected chi connectivity index (χ1v) is 8.65. The zero-order chi connectivity index (χ0) is 19.3. The minimum Gasteiger partial charge on any atom is -0.459 e. The number of piperidine rings is 1. The summed E-state index contributed by atoms with van der Waals surface area (Å²) in [4.78, 5) is 63.1. The van der Waals surface area contributed by atoms with Gasteiger partial charge >= 0.3 is 5.97 Å². The molecule has 0 bridgehead atoms. The normalized spacial score (nSPS) is 26.1. The predicted octanol–water partition coefficient (Wildman–Crippen LogP) is -0.806. The van der Waals surface area contributed by atoms with E-state index in [4.69, 9.17) is 4.74 Å². The summed E-state index contributed by atoms with van der Waals surface area (Å²) in [6, 6.07) is -0.924. The standard InChI is InChI=1S/C17H23N3O6/c1-16(2,3)26-13(23)7-19-8-17(9-19)6-12(22)20(15(17)25)10-4-5-11(21)18-14(10)24/h10H,4-9H2,1-3H3,(H,18,21,24). The molecule has 3 aliphatic rings. The Balaban J connectivity index is 1.61.